The predicted octanol–water partition coefficient (Wildman–Crippen LogP) is 5.79. The molecule has 9 rings (SSSR count). The van der Waals surface area contributed by atoms with Crippen LogP contribution in [0.4, 0.5) is 8.78 Å². The molecule has 316 valence electrons. The molecule has 0 bridgehead atoms. The van der Waals surface area contributed by atoms with Crippen molar-refractivity contribution in [2.75, 3.05) is 39.4 Å². The summed E-state index contributed by atoms with van der Waals surface area (Å²) in [6.07, 6.45) is 9.91. The molecule has 1 atom stereocenters. The van der Waals surface area contributed by atoms with Crippen LogP contribution in [0.2, 0.25) is 0 Å². The number of piperidine rings is 2. The van der Waals surface area contributed by atoms with Crippen molar-refractivity contribution in [1.29, 1.82) is 0 Å². The highest BCUT2D eigenvalue weighted by molar-refractivity contribution is 6.00. The largest absolute Gasteiger partial charge is 0.379 e. The Morgan fingerprint density at radius 2 is 1.62 bits per heavy atom. The number of para-hydroxylation sites is 3. The second kappa shape index (κ2) is 17.5. The van der Waals surface area contributed by atoms with Gasteiger partial charge < -0.3 is 9.64 Å². The van der Waals surface area contributed by atoms with Gasteiger partial charge in [-0.1, -0.05) is 30.7 Å². The third kappa shape index (κ3) is 8.33. The molecule has 0 saturated carbocycles. The fourth-order valence-corrected chi connectivity index (χ4v) is 8.91. The number of ether oxygens (including phenoxy) is 1. The van der Waals surface area contributed by atoms with E-state index in [-0.39, 0.29) is 48.5 Å². The average Bonchev–Trinajstić information content (AvgIpc) is 3.88. The summed E-state index contributed by atoms with van der Waals surface area (Å²) < 4.78 is 41.3. The first-order valence-electron chi connectivity index (χ1n) is 21.1. The van der Waals surface area contributed by atoms with Crippen LogP contribution in [0.3, 0.4) is 0 Å². The van der Waals surface area contributed by atoms with E-state index in [9.17, 15) is 19.2 Å². The van der Waals surface area contributed by atoms with Crippen molar-refractivity contribution in [3.8, 4) is 22.4 Å². The molecule has 0 radical (unpaired) electrons. The molecule has 3 aliphatic rings. The summed E-state index contributed by atoms with van der Waals surface area (Å²) in [5, 5.41) is 7.01. The number of aromatic nitrogens is 6. The summed E-state index contributed by atoms with van der Waals surface area (Å²) in [6.45, 7) is 4.21. The van der Waals surface area contributed by atoms with Crippen molar-refractivity contribution in [2.24, 2.45) is 0 Å². The number of carbonyl (C=O) groups excluding carboxylic acids is 3. The Hall–Kier alpha value is -6.13. The summed E-state index contributed by atoms with van der Waals surface area (Å²) in [5.41, 5.74) is 4.64. The monoisotopic (exact) mass is 831 g/mol. The maximum atomic E-state index is 15.4. The van der Waals surface area contributed by atoms with Crippen molar-refractivity contribution >= 4 is 39.8 Å². The van der Waals surface area contributed by atoms with E-state index in [2.05, 4.69) is 15.4 Å². The molecule has 0 aliphatic carbocycles. The van der Waals surface area contributed by atoms with Crippen molar-refractivity contribution in [3.63, 3.8) is 0 Å². The number of amides is 3. The van der Waals surface area contributed by atoms with Gasteiger partial charge in [0.1, 0.15) is 17.7 Å². The van der Waals surface area contributed by atoms with Crippen molar-refractivity contribution in [2.45, 2.75) is 76.5 Å². The number of imide groups is 1. The molecule has 6 aromatic rings. The van der Waals surface area contributed by atoms with Gasteiger partial charge in [0.2, 0.25) is 17.7 Å². The lowest BCUT2D eigenvalue weighted by atomic mass is 10.0. The van der Waals surface area contributed by atoms with Gasteiger partial charge in [-0.2, -0.15) is 5.10 Å². The number of hydrogen-bond acceptors (Lipinski definition) is 9. The van der Waals surface area contributed by atoms with Crippen LogP contribution in [0.1, 0.15) is 69.0 Å². The normalized spacial score (nSPS) is 18.0. The minimum Gasteiger partial charge on any atom is -0.379 e. The number of aryl methyl sites for hydroxylation is 1. The molecular weight excluding hydrogens is 785 g/mol. The number of nitrogens with one attached hydrogen (secondary N) is 1. The van der Waals surface area contributed by atoms with Crippen molar-refractivity contribution in [1.82, 2.24) is 44.0 Å². The van der Waals surface area contributed by atoms with E-state index >= 15 is 8.78 Å². The SMILES string of the molecule is O=C1CCC(n2c(=O)n(CCCCCC(=O)N3CCC(n4cc(-c5cnc6cccc(-c7cc(F)c(CN8CCOCC8)c(F)c7)c6n5)cn4)CC3)c3ccccc32)C(=O)N1. The number of hydrogen-bond donors (Lipinski definition) is 1. The number of halogens is 2. The summed E-state index contributed by atoms with van der Waals surface area (Å²) in [6, 6.07) is 14.9. The van der Waals surface area contributed by atoms with E-state index in [0.717, 1.165) is 30.3 Å². The number of carbonyl (C=O) groups is 3. The first-order valence-corrected chi connectivity index (χ1v) is 21.1. The number of fused-ring (bicyclic) bond motifs is 2. The third-order valence-electron chi connectivity index (χ3n) is 12.3. The van der Waals surface area contributed by atoms with Gasteiger partial charge in [-0.25, -0.2) is 18.6 Å². The van der Waals surface area contributed by atoms with Crippen LogP contribution in [0.15, 0.2) is 78.0 Å². The van der Waals surface area contributed by atoms with Crippen LogP contribution in [-0.2, 0) is 32.2 Å². The molecule has 3 fully saturated rings. The summed E-state index contributed by atoms with van der Waals surface area (Å²) in [4.78, 5) is 64.6. The van der Waals surface area contributed by atoms with Gasteiger partial charge in [-0.15, -0.1) is 0 Å². The Morgan fingerprint density at radius 1 is 0.852 bits per heavy atom. The molecule has 3 saturated heterocycles. The van der Waals surface area contributed by atoms with Gasteiger partial charge in [-0.3, -0.25) is 43.4 Å². The minimum atomic E-state index is -0.731. The zero-order valence-corrected chi connectivity index (χ0v) is 33.8. The number of rotatable bonds is 12. The lowest BCUT2D eigenvalue weighted by Crippen LogP contribution is -2.44. The zero-order valence-electron chi connectivity index (χ0n) is 33.8. The number of imidazole rings is 1. The highest BCUT2D eigenvalue weighted by atomic mass is 19.1. The standard InChI is InChI=1S/C45H47F2N9O5/c46-34-23-29(24-35(47)33(34)28-52-19-21-61-22-20-52)32-7-6-8-36-43(32)50-37(26-48-36)30-25-49-55(27-30)31-14-17-53(18-15-31)42(58)11-2-1-5-16-54-38-9-3-4-10-39(38)56(45(54)60)40-12-13-41(57)51-44(40)59/h3-4,6-10,23-27,31,40H,1-2,5,11-22,28H2,(H,51,57,59). The number of unbranched alkanes of at least 4 members (excludes halogenated alkanes) is 2. The molecule has 3 aromatic heterocycles. The maximum Gasteiger partial charge on any atom is 0.329 e. The molecule has 6 heterocycles. The molecule has 14 nitrogen and oxygen atoms in total. The molecule has 3 aliphatic heterocycles. The Bertz CT molecular complexity index is 2650. The first kappa shape index (κ1) is 40.3. The van der Waals surface area contributed by atoms with Gasteiger partial charge in [0.05, 0.1) is 59.4 Å². The summed E-state index contributed by atoms with van der Waals surface area (Å²) in [7, 11) is 0. The van der Waals surface area contributed by atoms with Crippen LogP contribution >= 0.6 is 0 Å². The van der Waals surface area contributed by atoms with E-state index < -0.39 is 23.6 Å². The van der Waals surface area contributed by atoms with Crippen LogP contribution in [0.5, 0.6) is 0 Å². The molecule has 3 amide bonds. The van der Waals surface area contributed by atoms with Crippen LogP contribution in [0.25, 0.3) is 44.5 Å². The van der Waals surface area contributed by atoms with Gasteiger partial charge >= 0.3 is 5.69 Å². The molecule has 0 spiro atoms. The zero-order chi connectivity index (χ0) is 42.0. The molecule has 1 unspecified atom stereocenters. The summed E-state index contributed by atoms with van der Waals surface area (Å²) >= 11 is 0. The third-order valence-corrected chi connectivity index (χ3v) is 12.3. The lowest BCUT2D eigenvalue weighted by Gasteiger charge is -2.32. The molecule has 61 heavy (non-hydrogen) atoms. The second-order valence-corrected chi connectivity index (χ2v) is 16.1. The second-order valence-electron chi connectivity index (χ2n) is 16.1. The molecular formula is C45H47F2N9O5. The lowest BCUT2D eigenvalue weighted by molar-refractivity contribution is -0.136. The van der Waals surface area contributed by atoms with E-state index in [0.29, 0.717) is 98.6 Å². The van der Waals surface area contributed by atoms with Gasteiger partial charge in [0.15, 0.2) is 0 Å². The fourth-order valence-electron chi connectivity index (χ4n) is 8.91. The van der Waals surface area contributed by atoms with Gasteiger partial charge in [0, 0.05) is 75.0 Å². The molecule has 1 N–H and O–H groups in total. The quantitative estimate of drug-likeness (QED) is 0.120. The Balaban J connectivity index is 0.787. The first-order chi connectivity index (χ1) is 29.7. The van der Waals surface area contributed by atoms with E-state index in [1.807, 2.05) is 51.0 Å². The van der Waals surface area contributed by atoms with Crippen LogP contribution in [-0.4, -0.2) is 95.8 Å². The maximum absolute atomic E-state index is 15.4. The number of nitrogens with zero attached hydrogens (tertiary/aromatic N) is 8. The summed E-state index contributed by atoms with van der Waals surface area (Å²) in [5.74, 6) is -1.87. The Kier molecular flexibility index (Phi) is 11.5. The van der Waals surface area contributed by atoms with Crippen molar-refractivity contribution in [3.05, 3.63) is 101 Å². The Morgan fingerprint density at radius 3 is 2.39 bits per heavy atom. The average molecular weight is 832 g/mol. The molecule has 3 aromatic carbocycles. The van der Waals surface area contributed by atoms with Gasteiger partial charge in [-0.05, 0) is 68.0 Å². The van der Waals surface area contributed by atoms with Crippen LogP contribution in [0, 0.1) is 11.6 Å². The number of morpholine rings is 1. The van der Waals surface area contributed by atoms with E-state index in [1.165, 1.54) is 16.7 Å². The van der Waals surface area contributed by atoms with E-state index in [4.69, 9.17) is 9.72 Å². The molecule has 16 heteroatoms. The topological polar surface area (TPSA) is 149 Å². The number of benzene rings is 3. The fraction of sp³-hybridized carbons (Fsp3) is 0.400. The Labute approximate surface area is 350 Å². The minimum absolute atomic E-state index is 0.0411. The highest BCUT2D eigenvalue weighted by Gasteiger charge is 2.32. The highest BCUT2D eigenvalue weighted by Crippen LogP contribution is 2.32. The van der Waals surface area contributed by atoms with Crippen LogP contribution < -0.4 is 11.0 Å². The van der Waals surface area contributed by atoms with Gasteiger partial charge in [0.25, 0.3) is 0 Å². The number of likely N-dealkylation sites (tertiary alicyclic amines) is 1. The van der Waals surface area contributed by atoms with E-state index in [1.54, 1.807) is 29.1 Å². The smallest absolute Gasteiger partial charge is 0.329 e. The van der Waals surface area contributed by atoms with Crippen molar-refractivity contribution < 1.29 is 27.9 Å². The predicted molar refractivity (Wildman–Crippen MR) is 223 cm³/mol.